The first-order valence-electron chi connectivity index (χ1n) is 6.32. The molecule has 0 atom stereocenters. The summed E-state index contributed by atoms with van der Waals surface area (Å²) in [6, 6.07) is 6.54. The Kier molecular flexibility index (Phi) is 2.88. The number of hydrogen-bond donors (Lipinski definition) is 1. The van der Waals surface area contributed by atoms with Crippen LogP contribution in [-0.4, -0.2) is 28.2 Å². The van der Waals surface area contributed by atoms with E-state index in [1.165, 1.54) is 23.4 Å². The summed E-state index contributed by atoms with van der Waals surface area (Å²) in [6.45, 7) is 5.22. The molecule has 0 fully saturated rings. The maximum Gasteiger partial charge on any atom is 0.123 e. The summed E-state index contributed by atoms with van der Waals surface area (Å²) in [7, 11) is 0. The molecule has 1 aliphatic rings. The third-order valence-electron chi connectivity index (χ3n) is 3.58. The van der Waals surface area contributed by atoms with E-state index < -0.39 is 0 Å². The van der Waals surface area contributed by atoms with Crippen molar-refractivity contribution in [2.75, 3.05) is 13.1 Å². The van der Waals surface area contributed by atoms with Crippen molar-refractivity contribution >= 4 is 0 Å². The Hall–Kier alpha value is -1.68. The quantitative estimate of drug-likeness (QED) is 0.882. The van der Waals surface area contributed by atoms with Crippen LogP contribution in [0.15, 0.2) is 24.3 Å². The average molecular weight is 245 g/mol. The molecule has 4 heteroatoms. The van der Waals surface area contributed by atoms with Crippen LogP contribution in [0.4, 0.5) is 4.39 Å². The third-order valence-corrected chi connectivity index (χ3v) is 3.58. The zero-order valence-electron chi connectivity index (χ0n) is 10.4. The molecule has 0 saturated carbocycles. The standard InChI is InChI=1S/C14H16FN3/c1-2-18-8-7-13-12(9-18)14(17-16-13)10-3-5-11(15)6-4-10/h3-6H,2,7-9H2,1H3,(H,16,17). The Balaban J connectivity index is 1.99. The molecule has 2 heterocycles. The molecule has 1 aliphatic heterocycles. The van der Waals surface area contributed by atoms with E-state index in [0.29, 0.717) is 0 Å². The fourth-order valence-corrected chi connectivity index (χ4v) is 2.47. The van der Waals surface area contributed by atoms with Crippen molar-refractivity contribution in [2.24, 2.45) is 0 Å². The maximum atomic E-state index is 12.9. The summed E-state index contributed by atoms with van der Waals surface area (Å²) >= 11 is 0. The summed E-state index contributed by atoms with van der Waals surface area (Å²) in [5.74, 6) is -0.210. The van der Waals surface area contributed by atoms with Gasteiger partial charge in [-0.2, -0.15) is 5.10 Å². The number of nitrogens with zero attached hydrogens (tertiary/aromatic N) is 2. The van der Waals surface area contributed by atoms with Crippen LogP contribution in [0.5, 0.6) is 0 Å². The van der Waals surface area contributed by atoms with Crippen LogP contribution in [0.25, 0.3) is 11.3 Å². The molecule has 1 aromatic heterocycles. The number of halogens is 1. The number of hydrogen-bond acceptors (Lipinski definition) is 2. The SMILES string of the molecule is CCN1CCc2[nH]nc(-c3ccc(F)cc3)c2C1. The molecule has 0 spiro atoms. The van der Waals surface area contributed by atoms with Crippen LogP contribution in [-0.2, 0) is 13.0 Å². The number of rotatable bonds is 2. The molecule has 3 nitrogen and oxygen atoms in total. The Morgan fingerprint density at radius 3 is 2.83 bits per heavy atom. The molecule has 94 valence electrons. The van der Waals surface area contributed by atoms with E-state index in [0.717, 1.165) is 37.3 Å². The van der Waals surface area contributed by atoms with Crippen LogP contribution in [0.3, 0.4) is 0 Å². The number of fused-ring (bicyclic) bond motifs is 1. The van der Waals surface area contributed by atoms with Crippen LogP contribution in [0, 0.1) is 5.82 Å². The van der Waals surface area contributed by atoms with Crippen LogP contribution >= 0.6 is 0 Å². The van der Waals surface area contributed by atoms with Gasteiger partial charge in [-0.15, -0.1) is 0 Å². The Bertz CT molecular complexity index is 545. The lowest BCUT2D eigenvalue weighted by Crippen LogP contribution is -2.30. The Morgan fingerprint density at radius 2 is 2.11 bits per heavy atom. The molecule has 0 saturated heterocycles. The minimum absolute atomic E-state index is 0.210. The summed E-state index contributed by atoms with van der Waals surface area (Å²) < 4.78 is 12.9. The fraction of sp³-hybridized carbons (Fsp3) is 0.357. The highest BCUT2D eigenvalue weighted by molar-refractivity contribution is 5.64. The van der Waals surface area contributed by atoms with Crippen molar-refractivity contribution in [3.63, 3.8) is 0 Å². The van der Waals surface area contributed by atoms with Gasteiger partial charge >= 0.3 is 0 Å². The maximum absolute atomic E-state index is 12.9. The van der Waals surface area contributed by atoms with Gasteiger partial charge in [0.15, 0.2) is 0 Å². The van der Waals surface area contributed by atoms with E-state index in [1.807, 2.05) is 0 Å². The normalized spacial score (nSPS) is 15.7. The zero-order valence-corrected chi connectivity index (χ0v) is 10.4. The largest absolute Gasteiger partial charge is 0.299 e. The minimum atomic E-state index is -0.210. The van der Waals surface area contributed by atoms with Gasteiger partial charge in [-0.1, -0.05) is 6.92 Å². The van der Waals surface area contributed by atoms with Crippen molar-refractivity contribution in [3.05, 3.63) is 41.3 Å². The van der Waals surface area contributed by atoms with Gasteiger partial charge in [-0.05, 0) is 30.8 Å². The number of aromatic amines is 1. The second kappa shape index (κ2) is 4.53. The van der Waals surface area contributed by atoms with Crippen molar-refractivity contribution in [2.45, 2.75) is 19.9 Å². The second-order valence-corrected chi connectivity index (χ2v) is 4.65. The highest BCUT2D eigenvalue weighted by Gasteiger charge is 2.21. The smallest absolute Gasteiger partial charge is 0.123 e. The summed E-state index contributed by atoms with van der Waals surface area (Å²) in [5, 5.41) is 7.51. The van der Waals surface area contributed by atoms with E-state index in [-0.39, 0.29) is 5.82 Å². The number of benzene rings is 1. The summed E-state index contributed by atoms with van der Waals surface area (Å²) in [4.78, 5) is 2.39. The molecule has 1 N–H and O–H groups in total. The molecule has 0 aliphatic carbocycles. The van der Waals surface area contributed by atoms with Gasteiger partial charge < -0.3 is 0 Å². The van der Waals surface area contributed by atoms with Crippen molar-refractivity contribution in [1.82, 2.24) is 15.1 Å². The number of H-pyrrole nitrogens is 1. The van der Waals surface area contributed by atoms with E-state index >= 15 is 0 Å². The number of aromatic nitrogens is 2. The molecule has 3 rings (SSSR count). The molecule has 18 heavy (non-hydrogen) atoms. The monoisotopic (exact) mass is 245 g/mol. The summed E-state index contributed by atoms with van der Waals surface area (Å²) in [6.07, 6.45) is 1.01. The van der Waals surface area contributed by atoms with Crippen LogP contribution < -0.4 is 0 Å². The second-order valence-electron chi connectivity index (χ2n) is 4.65. The van der Waals surface area contributed by atoms with E-state index in [2.05, 4.69) is 22.0 Å². The highest BCUT2D eigenvalue weighted by atomic mass is 19.1. The van der Waals surface area contributed by atoms with E-state index in [9.17, 15) is 4.39 Å². The predicted molar refractivity (Wildman–Crippen MR) is 68.6 cm³/mol. The third kappa shape index (κ3) is 1.93. The summed E-state index contributed by atoms with van der Waals surface area (Å²) in [5.41, 5.74) is 4.42. The van der Waals surface area contributed by atoms with Gasteiger partial charge in [0.2, 0.25) is 0 Å². The van der Waals surface area contributed by atoms with Gasteiger partial charge in [-0.25, -0.2) is 4.39 Å². The van der Waals surface area contributed by atoms with Crippen LogP contribution in [0.1, 0.15) is 18.2 Å². The molecule has 0 bridgehead atoms. The van der Waals surface area contributed by atoms with E-state index in [1.54, 1.807) is 12.1 Å². The Labute approximate surface area is 106 Å². The number of likely N-dealkylation sites (N-methyl/N-ethyl adjacent to an activating group) is 1. The molecule has 0 unspecified atom stereocenters. The van der Waals surface area contributed by atoms with Gasteiger partial charge in [0, 0.05) is 36.3 Å². The lowest BCUT2D eigenvalue weighted by atomic mass is 10.0. The van der Waals surface area contributed by atoms with Crippen molar-refractivity contribution in [1.29, 1.82) is 0 Å². The minimum Gasteiger partial charge on any atom is -0.299 e. The molecule has 0 amide bonds. The molecular formula is C14H16FN3. The Morgan fingerprint density at radius 1 is 1.33 bits per heavy atom. The zero-order chi connectivity index (χ0) is 12.5. The first-order valence-corrected chi connectivity index (χ1v) is 6.32. The van der Waals surface area contributed by atoms with Crippen molar-refractivity contribution < 1.29 is 4.39 Å². The lowest BCUT2D eigenvalue weighted by molar-refractivity contribution is 0.267. The predicted octanol–water partition coefficient (Wildman–Crippen LogP) is 2.59. The van der Waals surface area contributed by atoms with Gasteiger partial charge in [0.25, 0.3) is 0 Å². The highest BCUT2D eigenvalue weighted by Crippen LogP contribution is 2.28. The van der Waals surface area contributed by atoms with Gasteiger partial charge in [-0.3, -0.25) is 10.00 Å². The fourth-order valence-electron chi connectivity index (χ4n) is 2.47. The van der Waals surface area contributed by atoms with Crippen molar-refractivity contribution in [3.8, 4) is 11.3 Å². The van der Waals surface area contributed by atoms with Gasteiger partial charge in [0.05, 0.1) is 5.69 Å². The first kappa shape index (κ1) is 11.4. The lowest BCUT2D eigenvalue weighted by Gasteiger charge is -2.25. The molecule has 1 aromatic carbocycles. The molecule has 0 radical (unpaired) electrons. The number of nitrogens with one attached hydrogen (secondary N) is 1. The first-order chi connectivity index (χ1) is 8.78. The average Bonchev–Trinajstić information content (AvgIpc) is 2.82. The van der Waals surface area contributed by atoms with Crippen LogP contribution in [0.2, 0.25) is 0 Å². The van der Waals surface area contributed by atoms with Gasteiger partial charge in [0.1, 0.15) is 5.82 Å². The molecule has 2 aromatic rings. The van der Waals surface area contributed by atoms with E-state index in [4.69, 9.17) is 0 Å². The molecular weight excluding hydrogens is 229 g/mol. The topological polar surface area (TPSA) is 31.9 Å².